The van der Waals surface area contributed by atoms with E-state index < -0.39 is 61.1 Å². The number of amidine groups is 3. The third-order valence-electron chi connectivity index (χ3n) is 20.6. The normalized spacial score (nSPS) is 20.4. The first-order valence-corrected chi connectivity index (χ1v) is 37.5. The van der Waals surface area contributed by atoms with Crippen LogP contribution in [0.1, 0.15) is 98.6 Å². The molecule has 15 N–H and O–H groups in total. The topological polar surface area (TPSA) is 513 Å². The van der Waals surface area contributed by atoms with Crippen molar-refractivity contribution in [3.8, 4) is 39.4 Å². The van der Waals surface area contributed by atoms with E-state index >= 15 is 0 Å². The van der Waals surface area contributed by atoms with Crippen LogP contribution >= 0.6 is 0 Å². The van der Waals surface area contributed by atoms with E-state index in [-0.39, 0.29) is 133 Å². The van der Waals surface area contributed by atoms with Crippen molar-refractivity contribution in [3.05, 3.63) is 185 Å². The number of nitrogen functional groups attached to an aromatic ring is 3. The molecule has 2 unspecified atom stereocenters. The highest BCUT2D eigenvalue weighted by Crippen LogP contribution is 2.54. The average Bonchev–Trinajstić information content (AvgIpc) is 0.867. The number of rotatable bonds is 25. The highest BCUT2D eigenvalue weighted by atomic mass is 32.2. The summed E-state index contributed by atoms with van der Waals surface area (Å²) in [6, 6.07) is 25.6. The van der Waals surface area contributed by atoms with Gasteiger partial charge in [-0.05, 0) is 91.2 Å². The lowest BCUT2D eigenvalue weighted by Crippen LogP contribution is -2.49. The number of anilines is 3. The maximum atomic E-state index is 13.5. The Morgan fingerprint density at radius 3 is 1.35 bits per heavy atom. The molecule has 3 saturated carbocycles. The first kappa shape index (κ1) is 75.4. The van der Waals surface area contributed by atoms with Crippen molar-refractivity contribution in [1.29, 1.82) is 16.2 Å². The number of aliphatic hydroxyl groups is 3. The summed E-state index contributed by atoms with van der Waals surface area (Å²) >= 11 is 0. The van der Waals surface area contributed by atoms with Gasteiger partial charge in [-0.25, -0.2) is 38.3 Å². The summed E-state index contributed by atoms with van der Waals surface area (Å²) in [5.41, 5.74) is 21.2. The van der Waals surface area contributed by atoms with Gasteiger partial charge in [-0.15, -0.1) is 0 Å². The van der Waals surface area contributed by atoms with Gasteiger partial charge in [-0.2, -0.15) is 30.3 Å². The second-order valence-corrected chi connectivity index (χ2v) is 31.1. The summed E-state index contributed by atoms with van der Waals surface area (Å²) in [6.45, 7) is 3.35. The molecular weight excluding hydrogens is 1430 g/mol. The Morgan fingerprint density at radius 2 is 0.945 bits per heavy atom. The van der Waals surface area contributed by atoms with Crippen LogP contribution < -0.4 is 33.2 Å². The largest absolute Gasteiger partial charge is 0.493 e. The minimum Gasteiger partial charge on any atom is -0.493 e. The lowest BCUT2D eigenvalue weighted by Gasteiger charge is -2.49. The number of aromatic nitrogens is 12. The number of benzene rings is 3. The number of hydrogen-bond donors (Lipinski definition) is 12. The zero-order chi connectivity index (χ0) is 77.7. The van der Waals surface area contributed by atoms with Crippen LogP contribution in [0.4, 0.5) is 17.8 Å². The number of ether oxygens (including phenoxy) is 1. The number of aliphatic imine (C=N–C) groups is 3. The predicted molar refractivity (Wildman–Crippen MR) is 411 cm³/mol. The molecule has 566 valence electrons. The van der Waals surface area contributed by atoms with Crippen LogP contribution in [0.15, 0.2) is 162 Å². The van der Waals surface area contributed by atoms with Crippen molar-refractivity contribution in [2.24, 2.45) is 26.8 Å². The van der Waals surface area contributed by atoms with Gasteiger partial charge >= 0.3 is 6.07 Å². The van der Waals surface area contributed by atoms with Crippen LogP contribution in [0.3, 0.4) is 0 Å². The Balaban J connectivity index is 0.611. The maximum Gasteiger partial charge on any atom is 0.301 e. The Labute approximate surface area is 631 Å². The molecule has 2 atom stereocenters. The first-order valence-electron chi connectivity index (χ1n) is 35.4. The van der Waals surface area contributed by atoms with Gasteiger partial charge in [0.25, 0.3) is 6.04 Å². The van der Waals surface area contributed by atoms with Gasteiger partial charge in [0.2, 0.25) is 53.3 Å². The number of carbonyl (C=O) groups is 3. The number of nitrogens with two attached hydrogens (primary N) is 3. The van der Waals surface area contributed by atoms with E-state index in [2.05, 4.69) is 82.2 Å². The lowest BCUT2D eigenvalue weighted by molar-refractivity contribution is -0.123. The number of amides is 3. The third kappa shape index (κ3) is 17.1. The number of nitrogens with zero attached hydrogens (tertiary/aromatic N) is 16. The number of sulfone groups is 1. The fourth-order valence-corrected chi connectivity index (χ4v) is 14.8. The minimum absolute atomic E-state index is 0.00973. The SMILES string of the molecule is CC(C)(C#[N+]C1CC(C(=N)N=C(O)c2cnn(CC(=O)NCC3CC(C4CC(C(=N)N=C(O)c5cnn(CC(=O)NCCS(C)(=O)=O)c5)(c5ccc(-c6cnc(N)nc6)cc5)C4)CO3)c2)(c2ccc(-c3cnc(N)nc3)cc2)C1)NC(=O)Cn1cc(C(O)=NC(=N)C2(c3ccc(-c4cnc(N)nc4)cc3)CCC2)cn1. The standard InChI is InChI=1S/C75H81N25O9S/c1-72(2,97-62(103)41-100-38-54(34-93-100)63(104)94-66(76)73(17-4-18-73)55-11-5-44(6-12-55)49-26-84-69(79)85-27-49)43-90-58-24-75(25-58,57-15-9-46(10-16-57)51-30-88-71(81)89-31-51)68(78)96-65(106)53-33-92-99(37-53)40-61(102)83-35-59-21-47(42-109-59)48-22-74(23-48,56-13-7-45(8-14-56)50-28-86-70(80)87-29-50)67(77)95-64(105)52-32-91-98(36-52)39-60(101)82-19-20-110(3,107)108/h5-16,26-34,36-38,47-48,58-59H,4,17-25,35,39-42H2,1-3H3,(H14-,76,77,78,79,80,81,82,83,84,85,86,87,88,89,94,95,96,97,101,102,103,104,105,106)/p+1. The van der Waals surface area contributed by atoms with Gasteiger partial charge in [-0.3, -0.25) is 44.7 Å². The highest BCUT2D eigenvalue weighted by Gasteiger charge is 2.56. The van der Waals surface area contributed by atoms with Crippen LogP contribution in [0.2, 0.25) is 0 Å². The van der Waals surface area contributed by atoms with Gasteiger partial charge in [0, 0.05) is 105 Å². The lowest BCUT2D eigenvalue weighted by atomic mass is 9.54. The summed E-state index contributed by atoms with van der Waals surface area (Å²) in [7, 11) is -3.28. The van der Waals surface area contributed by atoms with E-state index in [0.29, 0.717) is 38.7 Å². The fourth-order valence-electron chi connectivity index (χ4n) is 14.3. The summed E-state index contributed by atoms with van der Waals surface area (Å²) in [5, 5.41) is 83.1. The van der Waals surface area contributed by atoms with Gasteiger partial charge in [0.1, 0.15) is 47.0 Å². The highest BCUT2D eigenvalue weighted by molar-refractivity contribution is 7.90. The Kier molecular flexibility index (Phi) is 21.4. The Bertz CT molecular complexity index is 5240. The maximum absolute atomic E-state index is 13.5. The predicted octanol–water partition coefficient (Wildman–Crippen LogP) is 6.12. The molecule has 3 aliphatic carbocycles. The second-order valence-electron chi connectivity index (χ2n) is 28.8. The van der Waals surface area contributed by atoms with Crippen LogP contribution in [-0.2, 0) is 64.8 Å². The van der Waals surface area contributed by atoms with Crippen LogP contribution in [0.25, 0.3) is 38.2 Å². The quantitative estimate of drug-likeness (QED) is 0.0226. The van der Waals surface area contributed by atoms with E-state index in [4.69, 9.17) is 32.2 Å². The van der Waals surface area contributed by atoms with Gasteiger partial charge in [0.05, 0.1) is 70.0 Å². The van der Waals surface area contributed by atoms with Crippen molar-refractivity contribution in [2.45, 2.75) is 119 Å². The molecule has 7 heterocycles. The molecule has 4 fully saturated rings. The molecule has 3 aromatic carbocycles. The molecule has 35 heteroatoms. The van der Waals surface area contributed by atoms with Crippen LogP contribution in [0.5, 0.6) is 0 Å². The first-order chi connectivity index (χ1) is 52.6. The monoisotopic (exact) mass is 1510 g/mol. The van der Waals surface area contributed by atoms with E-state index in [0.717, 1.165) is 62.7 Å². The molecule has 6 aromatic heterocycles. The number of aliphatic hydroxyl groups excluding tert-OH is 3. The van der Waals surface area contributed by atoms with Gasteiger partial charge in [0.15, 0.2) is 5.54 Å². The van der Waals surface area contributed by atoms with E-state index in [9.17, 15) is 48.9 Å². The molecule has 1 aliphatic heterocycles. The molecule has 1 saturated heterocycles. The van der Waals surface area contributed by atoms with Crippen molar-refractivity contribution >= 4 is 80.6 Å². The molecule has 9 aromatic rings. The van der Waals surface area contributed by atoms with E-state index in [1.165, 1.54) is 51.2 Å². The molecule has 110 heavy (non-hydrogen) atoms. The Hall–Kier alpha value is -12.8. The average molecular weight is 1510 g/mol. The van der Waals surface area contributed by atoms with Crippen LogP contribution in [0, 0.1) is 34.1 Å². The molecule has 4 aliphatic rings. The van der Waals surface area contributed by atoms with Gasteiger partial charge in [-0.1, -0.05) is 84.1 Å². The smallest absolute Gasteiger partial charge is 0.301 e. The number of hydrogen-bond acceptors (Lipinski definition) is 21. The fraction of sp³-hybridized carbons (Fsp3) is 0.347. The summed E-state index contributed by atoms with van der Waals surface area (Å²) in [6.07, 6.45) is 23.4. The number of nitrogens with one attached hydrogen (secondary N) is 6. The zero-order valence-electron chi connectivity index (χ0n) is 60.4. The molecule has 34 nitrogen and oxygen atoms in total. The van der Waals surface area contributed by atoms with Crippen molar-refractivity contribution < 1.29 is 42.9 Å². The molecule has 0 bridgehead atoms. The van der Waals surface area contributed by atoms with Crippen molar-refractivity contribution in [1.82, 2.24) is 75.2 Å². The van der Waals surface area contributed by atoms with Gasteiger partial charge < -0.3 is 53.2 Å². The van der Waals surface area contributed by atoms with Crippen LogP contribution in [-0.4, -0.2) is 185 Å². The molecular formula is C75H82N25O9S+. The van der Waals surface area contributed by atoms with Crippen molar-refractivity contribution in [2.75, 3.05) is 48.9 Å². The van der Waals surface area contributed by atoms with E-state index in [1.54, 1.807) is 51.0 Å². The zero-order valence-corrected chi connectivity index (χ0v) is 61.2. The summed E-state index contributed by atoms with van der Waals surface area (Å²) in [5.74, 6) is -2.50. The molecule has 13 rings (SSSR count). The molecule has 0 spiro atoms. The summed E-state index contributed by atoms with van der Waals surface area (Å²) < 4.78 is 33.3. The number of carbonyl (C=O) groups excluding carboxylic acids is 3. The Morgan fingerprint density at radius 1 is 0.564 bits per heavy atom. The summed E-state index contributed by atoms with van der Waals surface area (Å²) in [4.78, 5) is 82.1. The minimum atomic E-state index is -3.28. The second kappa shape index (κ2) is 31.2. The van der Waals surface area contributed by atoms with Crippen molar-refractivity contribution in [3.63, 3.8) is 0 Å². The third-order valence-corrected chi connectivity index (χ3v) is 21.6. The molecule has 0 radical (unpaired) electrons. The van der Waals surface area contributed by atoms with E-state index in [1.807, 2.05) is 72.8 Å². The molecule has 3 amide bonds.